The third-order valence-corrected chi connectivity index (χ3v) is 2.25. The van der Waals surface area contributed by atoms with Crippen molar-refractivity contribution in [3.8, 4) is 0 Å². The van der Waals surface area contributed by atoms with Gasteiger partial charge in [0.1, 0.15) is 5.69 Å². The number of anilines is 1. The van der Waals surface area contributed by atoms with Crippen LogP contribution in [0.25, 0.3) is 0 Å². The molecule has 0 aliphatic rings. The Labute approximate surface area is 99.6 Å². The molecule has 0 spiro atoms. The molecule has 1 rings (SSSR count). The maximum Gasteiger partial charge on any atom is 0.356 e. The number of nitrogens with two attached hydrogens (primary N) is 1. The van der Waals surface area contributed by atoms with Crippen LogP contribution in [-0.4, -0.2) is 35.4 Å². The lowest BCUT2D eigenvalue weighted by Crippen LogP contribution is -2.16. The van der Waals surface area contributed by atoms with Crippen LogP contribution in [0, 0.1) is 0 Å². The Hall–Kier alpha value is -2.16. The third kappa shape index (κ3) is 3.72. The predicted octanol–water partition coefficient (Wildman–Crippen LogP) is 0.0264. The molecule has 0 aromatic carbocycles. The van der Waals surface area contributed by atoms with E-state index in [9.17, 15) is 9.59 Å². The third-order valence-electron chi connectivity index (χ3n) is 1.55. The van der Waals surface area contributed by atoms with E-state index in [1.165, 1.54) is 5.38 Å². The van der Waals surface area contributed by atoms with Crippen LogP contribution in [-0.2, 0) is 19.2 Å². The molecule has 8 nitrogen and oxygen atoms in total. The lowest BCUT2D eigenvalue weighted by molar-refractivity contribution is -0.155. The van der Waals surface area contributed by atoms with E-state index < -0.39 is 18.0 Å². The first-order chi connectivity index (χ1) is 8.04. The van der Waals surface area contributed by atoms with Gasteiger partial charge in [0.15, 0.2) is 11.3 Å². The number of esters is 1. The van der Waals surface area contributed by atoms with Gasteiger partial charge in [0.05, 0.1) is 7.11 Å². The molecule has 0 saturated heterocycles. The molecule has 0 bridgehead atoms. The maximum absolute atomic E-state index is 11.4. The summed E-state index contributed by atoms with van der Waals surface area (Å²) in [7, 11) is 1.16. The van der Waals surface area contributed by atoms with E-state index in [0.29, 0.717) is 6.21 Å². The Morgan fingerprint density at radius 2 is 2.41 bits per heavy atom. The van der Waals surface area contributed by atoms with Crippen molar-refractivity contribution in [1.82, 2.24) is 4.98 Å². The van der Waals surface area contributed by atoms with Gasteiger partial charge < -0.3 is 20.4 Å². The first-order valence-electron chi connectivity index (χ1n) is 4.25. The molecule has 1 heterocycles. The number of carbonyl (C=O) groups is 2. The number of hydrogen-bond donors (Lipinski definition) is 2. The number of hydrogen-bond acceptors (Lipinski definition) is 8. The van der Waals surface area contributed by atoms with Crippen molar-refractivity contribution in [3.05, 3.63) is 11.1 Å². The van der Waals surface area contributed by atoms with Crippen LogP contribution in [0.5, 0.6) is 0 Å². The number of aliphatic carboxylic acids is 1. The molecule has 0 aliphatic heterocycles. The summed E-state index contributed by atoms with van der Waals surface area (Å²) in [4.78, 5) is 30.1. The van der Waals surface area contributed by atoms with E-state index in [1.807, 2.05) is 0 Å². The average Bonchev–Trinajstić information content (AvgIpc) is 2.69. The number of ether oxygens (including phenoxy) is 1. The van der Waals surface area contributed by atoms with Gasteiger partial charge in [-0.15, -0.1) is 11.3 Å². The maximum atomic E-state index is 11.4. The van der Waals surface area contributed by atoms with Crippen molar-refractivity contribution in [3.63, 3.8) is 0 Å². The van der Waals surface area contributed by atoms with Gasteiger partial charge in [-0.1, -0.05) is 5.16 Å². The van der Waals surface area contributed by atoms with Crippen molar-refractivity contribution < 1.29 is 24.3 Å². The zero-order chi connectivity index (χ0) is 12.8. The Morgan fingerprint density at radius 3 is 2.88 bits per heavy atom. The van der Waals surface area contributed by atoms with E-state index in [4.69, 9.17) is 15.7 Å². The van der Waals surface area contributed by atoms with Crippen LogP contribution >= 0.6 is 11.3 Å². The van der Waals surface area contributed by atoms with Crippen molar-refractivity contribution >= 4 is 34.6 Å². The lowest BCUT2D eigenvalue weighted by atomic mass is 10.3. The summed E-state index contributed by atoms with van der Waals surface area (Å²) < 4.78 is 4.47. The monoisotopic (exact) mass is 259 g/mol. The standard InChI is InChI=1S/C8H9N3O5S/c1-15-7(14)6(16-10-2-5(12)13)4-3-17-8(9)11-4/h2-3,6H,1H3,(H2,9,11)(H,12,13)/b10-2+. The zero-order valence-corrected chi connectivity index (χ0v) is 9.51. The number of carboxylic acids is 1. The number of nitrogen functional groups attached to an aromatic ring is 1. The number of methoxy groups -OCH3 is 1. The van der Waals surface area contributed by atoms with Crippen molar-refractivity contribution in [2.45, 2.75) is 6.10 Å². The van der Waals surface area contributed by atoms with Crippen LogP contribution in [0.2, 0.25) is 0 Å². The molecule has 17 heavy (non-hydrogen) atoms. The molecule has 0 radical (unpaired) electrons. The van der Waals surface area contributed by atoms with Gasteiger partial charge in [-0.25, -0.2) is 14.6 Å². The Kier molecular flexibility index (Phi) is 4.40. The van der Waals surface area contributed by atoms with Crippen LogP contribution < -0.4 is 5.73 Å². The summed E-state index contributed by atoms with van der Waals surface area (Å²) in [5, 5.41) is 13.2. The van der Waals surface area contributed by atoms with Crippen molar-refractivity contribution in [2.75, 3.05) is 12.8 Å². The molecule has 92 valence electrons. The summed E-state index contributed by atoms with van der Waals surface area (Å²) in [6, 6.07) is 0. The Bertz CT molecular complexity index is 444. The Morgan fingerprint density at radius 1 is 1.71 bits per heavy atom. The van der Waals surface area contributed by atoms with E-state index in [-0.39, 0.29) is 10.8 Å². The van der Waals surface area contributed by atoms with Gasteiger partial charge in [-0.2, -0.15) is 0 Å². The van der Waals surface area contributed by atoms with Crippen molar-refractivity contribution in [2.24, 2.45) is 5.16 Å². The summed E-state index contributed by atoms with van der Waals surface area (Å²) in [6.07, 6.45) is -0.727. The largest absolute Gasteiger partial charge is 0.477 e. The highest BCUT2D eigenvalue weighted by molar-refractivity contribution is 7.13. The summed E-state index contributed by atoms with van der Waals surface area (Å²) in [5.74, 6) is -2.05. The molecule has 1 unspecified atom stereocenters. The summed E-state index contributed by atoms with van der Waals surface area (Å²) >= 11 is 1.11. The topological polar surface area (TPSA) is 124 Å². The van der Waals surface area contributed by atoms with E-state index >= 15 is 0 Å². The summed E-state index contributed by atoms with van der Waals surface area (Å²) in [5.41, 5.74) is 5.61. The van der Waals surface area contributed by atoms with Crippen LogP contribution in [0.4, 0.5) is 5.13 Å². The van der Waals surface area contributed by atoms with Gasteiger partial charge in [0.25, 0.3) is 6.10 Å². The fourth-order valence-corrected chi connectivity index (χ4v) is 1.46. The molecule has 1 aromatic rings. The second-order valence-corrected chi connectivity index (χ2v) is 3.58. The Balaban J connectivity index is 2.81. The molecular weight excluding hydrogens is 250 g/mol. The minimum Gasteiger partial charge on any atom is -0.477 e. The smallest absolute Gasteiger partial charge is 0.356 e. The average molecular weight is 259 g/mol. The molecule has 0 fully saturated rings. The fourth-order valence-electron chi connectivity index (χ4n) is 0.882. The molecule has 0 saturated carbocycles. The number of aromatic nitrogens is 1. The van der Waals surface area contributed by atoms with Crippen LogP contribution in [0.1, 0.15) is 11.8 Å². The fraction of sp³-hybridized carbons (Fsp3) is 0.250. The van der Waals surface area contributed by atoms with Gasteiger partial charge in [-0.3, -0.25) is 0 Å². The van der Waals surface area contributed by atoms with Crippen molar-refractivity contribution in [1.29, 1.82) is 0 Å². The van der Waals surface area contributed by atoms with E-state index in [0.717, 1.165) is 18.4 Å². The number of rotatable bonds is 5. The number of carbonyl (C=O) groups excluding carboxylic acids is 1. The minimum atomic E-state index is -1.30. The molecule has 1 aromatic heterocycles. The molecular formula is C8H9N3O5S. The highest BCUT2D eigenvalue weighted by atomic mass is 32.1. The SMILES string of the molecule is COC(=O)C(O/N=C/C(=O)O)c1csc(N)n1. The molecule has 0 aliphatic carbocycles. The predicted molar refractivity (Wildman–Crippen MR) is 58.5 cm³/mol. The first kappa shape index (κ1) is 12.9. The molecule has 9 heteroatoms. The second kappa shape index (κ2) is 5.80. The molecule has 3 N–H and O–H groups in total. The quantitative estimate of drug-likeness (QED) is 0.434. The molecule has 0 amide bonds. The first-order valence-corrected chi connectivity index (χ1v) is 5.13. The van der Waals surface area contributed by atoms with Crippen LogP contribution in [0.15, 0.2) is 10.5 Å². The van der Waals surface area contributed by atoms with Gasteiger partial charge >= 0.3 is 11.9 Å². The summed E-state index contributed by atoms with van der Waals surface area (Å²) in [6.45, 7) is 0. The second-order valence-electron chi connectivity index (χ2n) is 2.69. The van der Waals surface area contributed by atoms with Crippen LogP contribution in [0.3, 0.4) is 0 Å². The minimum absolute atomic E-state index is 0.210. The van der Waals surface area contributed by atoms with Gasteiger partial charge in [0.2, 0.25) is 0 Å². The van der Waals surface area contributed by atoms with Gasteiger partial charge in [-0.05, 0) is 0 Å². The van der Waals surface area contributed by atoms with E-state index in [1.54, 1.807) is 0 Å². The molecule has 1 atom stereocenters. The van der Waals surface area contributed by atoms with Gasteiger partial charge in [0, 0.05) is 5.38 Å². The highest BCUT2D eigenvalue weighted by Gasteiger charge is 2.26. The number of thiazole rings is 1. The zero-order valence-electron chi connectivity index (χ0n) is 8.69. The number of nitrogens with zero attached hydrogens (tertiary/aromatic N) is 2. The number of carboxylic acid groups (broad SMARTS) is 1. The lowest BCUT2D eigenvalue weighted by Gasteiger charge is -2.09. The highest BCUT2D eigenvalue weighted by Crippen LogP contribution is 2.22. The normalized spacial score (nSPS) is 12.3. The number of oxime groups is 1. The van der Waals surface area contributed by atoms with E-state index in [2.05, 4.69) is 14.9 Å².